The quantitative estimate of drug-likeness (QED) is 0.509. The summed E-state index contributed by atoms with van der Waals surface area (Å²) < 4.78 is 5.59. The van der Waals surface area contributed by atoms with Gasteiger partial charge in [0.1, 0.15) is 23.4 Å². The molecule has 1 aliphatic carbocycles. The molecule has 2 N–H and O–H groups in total. The van der Waals surface area contributed by atoms with E-state index in [0.717, 1.165) is 22.3 Å². The first-order chi connectivity index (χ1) is 16.9. The molecule has 2 heterocycles. The highest BCUT2D eigenvalue weighted by molar-refractivity contribution is 7.99. The van der Waals surface area contributed by atoms with E-state index in [9.17, 15) is 19.5 Å². The molecule has 2 aliphatic rings. The van der Waals surface area contributed by atoms with Crippen molar-refractivity contribution in [1.29, 1.82) is 0 Å². The molecule has 5 rings (SSSR count). The van der Waals surface area contributed by atoms with E-state index in [-0.39, 0.29) is 18.2 Å². The number of amides is 2. The number of rotatable bonds is 6. The Kier molecular flexibility index (Phi) is 6.48. The van der Waals surface area contributed by atoms with E-state index < -0.39 is 30.1 Å². The number of aromatic nitrogens is 1. The lowest BCUT2D eigenvalue weighted by Gasteiger charge is -2.19. The molecule has 2 amide bonds. The van der Waals surface area contributed by atoms with Crippen LogP contribution in [0.1, 0.15) is 45.5 Å². The smallest absolute Gasteiger partial charge is 0.407 e. The molecule has 3 aromatic rings. The molecular weight excluding hydrogens is 486 g/mol. The van der Waals surface area contributed by atoms with Crippen molar-refractivity contribution in [3.05, 3.63) is 75.7 Å². The lowest BCUT2D eigenvalue weighted by atomic mass is 9.98. The number of hydrogen-bond donors (Lipinski definition) is 2. The summed E-state index contributed by atoms with van der Waals surface area (Å²) in [5, 5.41) is 14.2. The number of carbonyl (C=O) groups is 3. The fraction of sp³-hybridized carbons (Fsp3) is 0.280. The molecule has 0 spiro atoms. The van der Waals surface area contributed by atoms with Crippen molar-refractivity contribution in [2.45, 2.75) is 24.9 Å². The van der Waals surface area contributed by atoms with Crippen molar-refractivity contribution in [3.8, 4) is 11.1 Å². The van der Waals surface area contributed by atoms with Gasteiger partial charge in [0.25, 0.3) is 5.91 Å². The molecule has 1 saturated heterocycles. The van der Waals surface area contributed by atoms with Crippen LogP contribution >= 0.6 is 23.1 Å². The van der Waals surface area contributed by atoms with Crippen molar-refractivity contribution in [3.63, 3.8) is 0 Å². The number of alkyl carbamates (subject to hydrolysis) is 1. The minimum Gasteiger partial charge on any atom is -0.480 e. The normalized spacial score (nSPS) is 17.5. The predicted molar refractivity (Wildman–Crippen MR) is 134 cm³/mol. The van der Waals surface area contributed by atoms with Crippen molar-refractivity contribution in [2.24, 2.45) is 0 Å². The molecule has 1 aliphatic heterocycles. The summed E-state index contributed by atoms with van der Waals surface area (Å²) in [7, 11) is 0. The number of ether oxygens (including phenoxy) is 1. The Hall–Kier alpha value is -3.37. The third-order valence-corrected chi connectivity index (χ3v) is 8.26. The zero-order valence-corrected chi connectivity index (χ0v) is 20.5. The number of aliphatic carboxylic acids is 1. The zero-order valence-electron chi connectivity index (χ0n) is 18.8. The molecule has 1 aromatic heterocycles. The van der Waals surface area contributed by atoms with Crippen LogP contribution in [0.5, 0.6) is 0 Å². The van der Waals surface area contributed by atoms with Gasteiger partial charge in [-0.2, -0.15) is 0 Å². The standard InChI is InChI=1S/C25H23N3O5S2/c1-14(22-27-20(11-35-22)23(29)28-13-34-12-21(28)24(30)31)26-25(32)33-10-19-17-8-4-2-6-15(17)16-7-3-5-9-18(16)19/h2-9,11,14,19,21H,10,12-13H2,1H3,(H,26,32)(H,30,31)/t14?,21-/m0/s1. The average molecular weight is 510 g/mol. The Bertz CT molecular complexity index is 1250. The number of hydrogen-bond acceptors (Lipinski definition) is 7. The first kappa shape index (κ1) is 23.4. The summed E-state index contributed by atoms with van der Waals surface area (Å²) in [5.74, 6) is -0.802. The molecule has 0 bridgehead atoms. The largest absolute Gasteiger partial charge is 0.480 e. The topological polar surface area (TPSA) is 109 Å². The Morgan fingerprint density at radius 2 is 1.80 bits per heavy atom. The minimum atomic E-state index is -1.02. The highest BCUT2D eigenvalue weighted by Gasteiger charge is 2.36. The predicted octanol–water partition coefficient (Wildman–Crippen LogP) is 4.34. The van der Waals surface area contributed by atoms with Gasteiger partial charge >= 0.3 is 12.1 Å². The van der Waals surface area contributed by atoms with Crippen LogP contribution in [0.25, 0.3) is 11.1 Å². The summed E-state index contributed by atoms with van der Waals surface area (Å²) in [6, 6.07) is 14.9. The van der Waals surface area contributed by atoms with Gasteiger partial charge in [-0.1, -0.05) is 48.5 Å². The summed E-state index contributed by atoms with van der Waals surface area (Å²) in [4.78, 5) is 42.4. The molecule has 1 unspecified atom stereocenters. The van der Waals surface area contributed by atoms with Gasteiger partial charge in [-0.05, 0) is 29.2 Å². The molecule has 1 fully saturated rings. The van der Waals surface area contributed by atoms with E-state index in [0.29, 0.717) is 16.6 Å². The molecule has 180 valence electrons. The molecule has 0 radical (unpaired) electrons. The molecule has 2 atom stereocenters. The van der Waals surface area contributed by atoms with Crippen molar-refractivity contribution < 1.29 is 24.2 Å². The van der Waals surface area contributed by atoms with Gasteiger partial charge in [-0.25, -0.2) is 14.6 Å². The lowest BCUT2D eigenvalue weighted by Crippen LogP contribution is -2.41. The molecule has 8 nitrogen and oxygen atoms in total. The van der Waals surface area contributed by atoms with Crippen LogP contribution < -0.4 is 5.32 Å². The summed E-state index contributed by atoms with van der Waals surface area (Å²) >= 11 is 2.63. The van der Waals surface area contributed by atoms with Crippen LogP contribution in [0.15, 0.2) is 53.9 Å². The van der Waals surface area contributed by atoms with Gasteiger partial charge < -0.3 is 20.1 Å². The fourth-order valence-corrected chi connectivity index (χ4v) is 6.40. The Morgan fingerprint density at radius 1 is 1.14 bits per heavy atom. The minimum absolute atomic E-state index is 0.0342. The monoisotopic (exact) mass is 509 g/mol. The second kappa shape index (κ2) is 9.71. The first-order valence-electron chi connectivity index (χ1n) is 11.1. The molecule has 35 heavy (non-hydrogen) atoms. The maximum atomic E-state index is 12.8. The van der Waals surface area contributed by atoms with Crippen molar-refractivity contribution >= 4 is 41.1 Å². The number of nitrogens with zero attached hydrogens (tertiary/aromatic N) is 2. The maximum absolute atomic E-state index is 12.8. The number of fused-ring (bicyclic) bond motifs is 3. The Balaban J connectivity index is 1.21. The SMILES string of the molecule is CC(NC(=O)OCC1c2ccccc2-c2ccccc21)c1nc(C(=O)N2CSC[C@H]2C(=O)O)cs1. The van der Waals surface area contributed by atoms with Crippen molar-refractivity contribution in [1.82, 2.24) is 15.2 Å². The summed E-state index contributed by atoms with van der Waals surface area (Å²) in [6.07, 6.45) is -0.565. The number of thioether (sulfide) groups is 1. The number of benzene rings is 2. The van der Waals surface area contributed by atoms with Crippen LogP contribution in [0, 0.1) is 0 Å². The zero-order chi connectivity index (χ0) is 24.5. The molecule has 0 saturated carbocycles. The third-order valence-electron chi connectivity index (χ3n) is 6.22. The second-order valence-electron chi connectivity index (χ2n) is 8.39. The average Bonchev–Trinajstić information content (AvgIpc) is 3.60. The van der Waals surface area contributed by atoms with E-state index in [1.54, 1.807) is 12.3 Å². The van der Waals surface area contributed by atoms with E-state index in [1.807, 2.05) is 24.3 Å². The fourth-order valence-electron chi connectivity index (χ4n) is 4.46. The van der Waals surface area contributed by atoms with Gasteiger partial charge in [0.05, 0.1) is 11.9 Å². The van der Waals surface area contributed by atoms with Crippen LogP contribution in [-0.2, 0) is 9.53 Å². The summed E-state index contributed by atoms with van der Waals surface area (Å²) in [5.41, 5.74) is 4.77. The van der Waals surface area contributed by atoms with Gasteiger partial charge in [-0.3, -0.25) is 4.79 Å². The van der Waals surface area contributed by atoms with Crippen LogP contribution in [0.2, 0.25) is 0 Å². The number of carboxylic acids is 1. The van der Waals surface area contributed by atoms with Gasteiger partial charge in [0.2, 0.25) is 0 Å². The van der Waals surface area contributed by atoms with Gasteiger partial charge in [0, 0.05) is 17.1 Å². The van der Waals surface area contributed by atoms with Crippen LogP contribution in [0.4, 0.5) is 4.79 Å². The van der Waals surface area contributed by atoms with Crippen LogP contribution in [0.3, 0.4) is 0 Å². The van der Waals surface area contributed by atoms with Gasteiger partial charge in [-0.15, -0.1) is 23.1 Å². The number of carbonyl (C=O) groups excluding carboxylic acids is 2. The second-order valence-corrected chi connectivity index (χ2v) is 10.3. The summed E-state index contributed by atoms with van der Waals surface area (Å²) in [6.45, 7) is 1.97. The highest BCUT2D eigenvalue weighted by atomic mass is 32.2. The van der Waals surface area contributed by atoms with Gasteiger partial charge in [0.15, 0.2) is 0 Å². The third kappa shape index (κ3) is 4.51. The van der Waals surface area contributed by atoms with Crippen LogP contribution in [-0.4, -0.2) is 57.2 Å². The van der Waals surface area contributed by atoms with E-state index in [2.05, 4.69) is 34.6 Å². The number of nitrogens with one attached hydrogen (secondary N) is 1. The number of carboxylic acid groups (broad SMARTS) is 1. The maximum Gasteiger partial charge on any atom is 0.407 e. The number of thiazole rings is 1. The molecular formula is C25H23N3O5S2. The highest BCUT2D eigenvalue weighted by Crippen LogP contribution is 2.44. The Morgan fingerprint density at radius 3 is 2.46 bits per heavy atom. The molecule has 10 heteroatoms. The van der Waals surface area contributed by atoms with Crippen molar-refractivity contribution in [2.75, 3.05) is 18.2 Å². The Labute approximate surface area is 210 Å². The lowest BCUT2D eigenvalue weighted by molar-refractivity contribution is -0.140. The van der Waals surface area contributed by atoms with E-state index in [1.165, 1.54) is 28.0 Å². The van der Waals surface area contributed by atoms with E-state index in [4.69, 9.17) is 4.74 Å². The first-order valence-corrected chi connectivity index (χ1v) is 13.2. The van der Waals surface area contributed by atoms with E-state index >= 15 is 0 Å². The molecule has 2 aromatic carbocycles.